The molecule has 0 bridgehead atoms. The van der Waals surface area contributed by atoms with Crippen molar-refractivity contribution in [1.82, 2.24) is 10.4 Å². The number of para-hydroxylation sites is 2. The lowest BCUT2D eigenvalue weighted by Crippen LogP contribution is -2.20. The SMILES string of the molecule is COc1ccc(/C=N\NC(=Nc2ccccc2)c2ccc3ccccc3n2)cc1OC. The molecular weight excluding hydrogens is 388 g/mol. The van der Waals surface area contributed by atoms with E-state index in [1.807, 2.05) is 84.9 Å². The van der Waals surface area contributed by atoms with Crippen molar-refractivity contribution < 1.29 is 9.47 Å². The monoisotopic (exact) mass is 410 g/mol. The fraction of sp³-hybridized carbons (Fsp3) is 0.0800. The molecule has 1 heterocycles. The number of pyridine rings is 1. The van der Waals surface area contributed by atoms with Gasteiger partial charge in [-0.3, -0.25) is 5.43 Å². The molecule has 0 spiro atoms. The molecule has 0 unspecified atom stereocenters. The van der Waals surface area contributed by atoms with Crippen LogP contribution in [0, 0.1) is 0 Å². The van der Waals surface area contributed by atoms with Crippen molar-refractivity contribution in [2.75, 3.05) is 14.2 Å². The van der Waals surface area contributed by atoms with Gasteiger partial charge < -0.3 is 9.47 Å². The van der Waals surface area contributed by atoms with E-state index in [1.54, 1.807) is 20.4 Å². The summed E-state index contributed by atoms with van der Waals surface area (Å²) in [5.74, 6) is 1.86. The third-order valence-electron chi connectivity index (χ3n) is 4.63. The summed E-state index contributed by atoms with van der Waals surface area (Å²) in [7, 11) is 3.21. The lowest BCUT2D eigenvalue weighted by atomic mass is 10.2. The van der Waals surface area contributed by atoms with Crippen LogP contribution in [0.3, 0.4) is 0 Å². The molecule has 0 fully saturated rings. The molecule has 0 saturated carbocycles. The lowest BCUT2D eigenvalue weighted by Gasteiger charge is -2.08. The van der Waals surface area contributed by atoms with Crippen molar-refractivity contribution in [1.29, 1.82) is 0 Å². The standard InChI is InChI=1S/C25H22N4O2/c1-30-23-15-12-18(16-24(23)31-2)17-26-29-25(27-20-9-4-3-5-10-20)22-14-13-19-8-6-7-11-21(19)28-22/h3-17H,1-2H3,(H,27,29)/b26-17-. The maximum absolute atomic E-state index is 5.35. The van der Waals surface area contributed by atoms with Crippen LogP contribution in [0.4, 0.5) is 5.69 Å². The zero-order valence-corrected chi connectivity index (χ0v) is 17.3. The Morgan fingerprint density at radius 1 is 0.839 bits per heavy atom. The topological polar surface area (TPSA) is 68.1 Å². The number of hydrogen-bond acceptors (Lipinski definition) is 5. The second-order valence-electron chi connectivity index (χ2n) is 6.67. The van der Waals surface area contributed by atoms with Crippen LogP contribution in [0.2, 0.25) is 0 Å². The van der Waals surface area contributed by atoms with Crippen molar-refractivity contribution in [3.63, 3.8) is 0 Å². The van der Waals surface area contributed by atoms with Gasteiger partial charge in [0.1, 0.15) is 5.69 Å². The molecule has 0 amide bonds. The number of methoxy groups -OCH3 is 2. The Balaban J connectivity index is 1.65. The predicted octanol–water partition coefficient (Wildman–Crippen LogP) is 4.95. The summed E-state index contributed by atoms with van der Waals surface area (Å²) in [6.07, 6.45) is 1.70. The van der Waals surface area contributed by atoms with Gasteiger partial charge in [0.2, 0.25) is 0 Å². The largest absolute Gasteiger partial charge is 0.493 e. The molecular formula is C25H22N4O2. The number of amidine groups is 1. The van der Waals surface area contributed by atoms with E-state index < -0.39 is 0 Å². The van der Waals surface area contributed by atoms with Gasteiger partial charge in [-0.2, -0.15) is 5.10 Å². The van der Waals surface area contributed by atoms with E-state index in [4.69, 9.17) is 19.5 Å². The van der Waals surface area contributed by atoms with E-state index in [9.17, 15) is 0 Å². The Bertz CT molecular complexity index is 1240. The summed E-state index contributed by atoms with van der Waals surface area (Å²) < 4.78 is 10.6. The second-order valence-corrected chi connectivity index (χ2v) is 6.67. The highest BCUT2D eigenvalue weighted by Gasteiger charge is 2.07. The number of hydrogen-bond donors (Lipinski definition) is 1. The Morgan fingerprint density at radius 3 is 2.42 bits per heavy atom. The summed E-state index contributed by atoms with van der Waals surface area (Å²) >= 11 is 0. The number of hydrazone groups is 1. The molecule has 6 nitrogen and oxygen atoms in total. The Morgan fingerprint density at radius 2 is 1.61 bits per heavy atom. The number of benzene rings is 3. The van der Waals surface area contributed by atoms with E-state index in [2.05, 4.69) is 10.5 Å². The van der Waals surface area contributed by atoms with Gasteiger partial charge in [0.05, 0.1) is 31.6 Å². The maximum Gasteiger partial charge on any atom is 0.173 e. The van der Waals surface area contributed by atoms with Crippen LogP contribution in [-0.2, 0) is 0 Å². The molecule has 1 aromatic heterocycles. The fourth-order valence-corrected chi connectivity index (χ4v) is 3.07. The lowest BCUT2D eigenvalue weighted by molar-refractivity contribution is 0.355. The van der Waals surface area contributed by atoms with Crippen molar-refractivity contribution in [3.8, 4) is 11.5 Å². The van der Waals surface area contributed by atoms with E-state index in [0.717, 1.165) is 22.2 Å². The van der Waals surface area contributed by atoms with Gasteiger partial charge >= 0.3 is 0 Å². The first-order valence-electron chi connectivity index (χ1n) is 9.78. The van der Waals surface area contributed by atoms with Gasteiger partial charge in [-0.1, -0.05) is 42.5 Å². The number of ether oxygens (including phenoxy) is 2. The summed E-state index contributed by atoms with van der Waals surface area (Å²) in [6, 6.07) is 27.2. The molecule has 0 aliphatic rings. The molecule has 0 aliphatic heterocycles. The Labute approximate surface area is 180 Å². The summed E-state index contributed by atoms with van der Waals surface area (Å²) in [5, 5.41) is 5.45. The quantitative estimate of drug-likeness (QED) is 0.277. The van der Waals surface area contributed by atoms with Crippen molar-refractivity contribution in [2.24, 2.45) is 10.1 Å². The number of fused-ring (bicyclic) bond motifs is 1. The van der Waals surface area contributed by atoms with Gasteiger partial charge in [-0.25, -0.2) is 9.98 Å². The first-order valence-corrected chi connectivity index (χ1v) is 9.78. The molecule has 4 aromatic rings. The van der Waals surface area contributed by atoms with Crippen LogP contribution in [-0.4, -0.2) is 31.3 Å². The minimum atomic E-state index is 0.550. The van der Waals surface area contributed by atoms with E-state index in [-0.39, 0.29) is 0 Å². The highest BCUT2D eigenvalue weighted by atomic mass is 16.5. The average molecular weight is 410 g/mol. The zero-order valence-electron chi connectivity index (χ0n) is 17.3. The van der Waals surface area contributed by atoms with Crippen molar-refractivity contribution in [2.45, 2.75) is 0 Å². The summed E-state index contributed by atoms with van der Waals surface area (Å²) in [6.45, 7) is 0. The molecule has 154 valence electrons. The molecule has 0 saturated heterocycles. The highest BCUT2D eigenvalue weighted by Crippen LogP contribution is 2.26. The van der Waals surface area contributed by atoms with Crippen molar-refractivity contribution >= 4 is 28.6 Å². The molecule has 0 aliphatic carbocycles. The first-order chi connectivity index (χ1) is 15.3. The predicted molar refractivity (Wildman–Crippen MR) is 125 cm³/mol. The number of rotatable bonds is 6. The molecule has 0 radical (unpaired) electrons. The number of nitrogens with one attached hydrogen (secondary N) is 1. The zero-order chi connectivity index (χ0) is 21.5. The van der Waals surface area contributed by atoms with Crippen LogP contribution in [0.25, 0.3) is 10.9 Å². The summed E-state index contributed by atoms with van der Waals surface area (Å²) in [4.78, 5) is 9.46. The molecule has 4 rings (SSSR count). The number of nitrogens with zero attached hydrogens (tertiary/aromatic N) is 3. The fourth-order valence-electron chi connectivity index (χ4n) is 3.07. The molecule has 0 atom stereocenters. The van der Waals surface area contributed by atoms with E-state index >= 15 is 0 Å². The van der Waals surface area contributed by atoms with Crippen LogP contribution < -0.4 is 14.9 Å². The molecule has 1 N–H and O–H groups in total. The minimum Gasteiger partial charge on any atom is -0.493 e. The van der Waals surface area contributed by atoms with Gasteiger partial charge in [-0.05, 0) is 48.0 Å². The second kappa shape index (κ2) is 9.54. The van der Waals surface area contributed by atoms with Gasteiger partial charge in [0, 0.05) is 5.39 Å². The Hall–Kier alpha value is -4.19. The van der Waals surface area contributed by atoms with Crippen LogP contribution in [0.5, 0.6) is 11.5 Å². The van der Waals surface area contributed by atoms with Gasteiger partial charge in [-0.15, -0.1) is 0 Å². The van der Waals surface area contributed by atoms with Gasteiger partial charge in [0.25, 0.3) is 0 Å². The third-order valence-corrected chi connectivity index (χ3v) is 4.63. The minimum absolute atomic E-state index is 0.550. The number of aliphatic imine (C=N–C) groups is 1. The smallest absolute Gasteiger partial charge is 0.173 e. The third kappa shape index (κ3) is 4.87. The first kappa shape index (κ1) is 20.1. The van der Waals surface area contributed by atoms with Crippen LogP contribution >= 0.6 is 0 Å². The molecule has 6 heteroatoms. The Kier molecular flexibility index (Phi) is 6.18. The normalized spacial score (nSPS) is 11.6. The highest BCUT2D eigenvalue weighted by molar-refractivity contribution is 6.00. The van der Waals surface area contributed by atoms with Crippen molar-refractivity contribution in [3.05, 3.63) is 96.2 Å². The van der Waals surface area contributed by atoms with E-state index in [0.29, 0.717) is 23.0 Å². The molecule has 31 heavy (non-hydrogen) atoms. The van der Waals surface area contributed by atoms with Gasteiger partial charge in [0.15, 0.2) is 17.3 Å². The summed E-state index contributed by atoms with van der Waals surface area (Å²) in [5.41, 5.74) is 6.31. The maximum atomic E-state index is 5.35. The molecule has 3 aromatic carbocycles. The van der Waals surface area contributed by atoms with Crippen LogP contribution in [0.1, 0.15) is 11.3 Å². The average Bonchev–Trinajstić information content (AvgIpc) is 2.83. The van der Waals surface area contributed by atoms with E-state index in [1.165, 1.54) is 0 Å². The number of aromatic nitrogens is 1. The van der Waals surface area contributed by atoms with Crippen LogP contribution in [0.15, 0.2) is 95.0 Å².